The summed E-state index contributed by atoms with van der Waals surface area (Å²) in [6.07, 6.45) is 5.74. The fourth-order valence-electron chi connectivity index (χ4n) is 1.94. The van der Waals surface area contributed by atoms with E-state index in [4.69, 9.17) is 23.8 Å². The van der Waals surface area contributed by atoms with Crippen molar-refractivity contribution in [1.82, 2.24) is 15.1 Å². The number of hydrogen-bond acceptors (Lipinski definition) is 2. The molecule has 1 aromatic heterocycles. The third kappa shape index (κ3) is 3.71. The van der Waals surface area contributed by atoms with Gasteiger partial charge in [0.15, 0.2) is 5.11 Å². The summed E-state index contributed by atoms with van der Waals surface area (Å²) in [5, 5.41) is 11.4. The molecule has 7 heteroatoms. The molecular formula is C14H14ClFN4S. The second-order valence-corrected chi connectivity index (χ2v) is 5.81. The van der Waals surface area contributed by atoms with Gasteiger partial charge in [0.2, 0.25) is 0 Å². The second kappa shape index (κ2) is 5.99. The highest BCUT2D eigenvalue weighted by Crippen LogP contribution is 2.21. The van der Waals surface area contributed by atoms with Crippen LogP contribution in [0.5, 0.6) is 0 Å². The molecule has 0 aliphatic heterocycles. The molecule has 0 atom stereocenters. The molecule has 0 spiro atoms. The molecule has 4 nitrogen and oxygen atoms in total. The van der Waals surface area contributed by atoms with Crippen molar-refractivity contribution in [3.63, 3.8) is 0 Å². The van der Waals surface area contributed by atoms with Crippen molar-refractivity contribution in [2.75, 3.05) is 5.32 Å². The van der Waals surface area contributed by atoms with Gasteiger partial charge in [0, 0.05) is 22.8 Å². The summed E-state index contributed by atoms with van der Waals surface area (Å²) >= 11 is 11.2. The summed E-state index contributed by atoms with van der Waals surface area (Å²) in [6, 6.07) is 5.13. The van der Waals surface area contributed by atoms with Crippen molar-refractivity contribution < 1.29 is 4.39 Å². The first-order valence-corrected chi connectivity index (χ1v) is 7.43. The zero-order valence-electron chi connectivity index (χ0n) is 11.1. The highest BCUT2D eigenvalue weighted by molar-refractivity contribution is 7.80. The molecule has 0 saturated heterocycles. The highest BCUT2D eigenvalue weighted by Gasteiger charge is 2.21. The lowest BCUT2D eigenvalue weighted by atomic mass is 10.2. The Morgan fingerprint density at radius 1 is 1.48 bits per heavy atom. The molecule has 2 N–H and O–H groups in total. The van der Waals surface area contributed by atoms with E-state index < -0.39 is 0 Å². The highest BCUT2D eigenvalue weighted by atomic mass is 35.5. The van der Waals surface area contributed by atoms with E-state index in [1.807, 2.05) is 0 Å². The maximum atomic E-state index is 13.7. The molecule has 1 aliphatic carbocycles. The smallest absolute Gasteiger partial charge is 0.171 e. The fourth-order valence-corrected chi connectivity index (χ4v) is 2.45. The van der Waals surface area contributed by atoms with Crippen LogP contribution in [0.3, 0.4) is 0 Å². The van der Waals surface area contributed by atoms with E-state index in [0.717, 1.165) is 18.5 Å². The van der Waals surface area contributed by atoms with E-state index in [9.17, 15) is 4.39 Å². The Balaban J connectivity index is 1.65. The summed E-state index contributed by atoms with van der Waals surface area (Å²) in [7, 11) is 0. The van der Waals surface area contributed by atoms with E-state index in [1.165, 1.54) is 6.07 Å². The third-order valence-corrected chi connectivity index (χ3v) is 3.76. The van der Waals surface area contributed by atoms with Gasteiger partial charge in [-0.05, 0) is 37.2 Å². The minimum atomic E-state index is -0.335. The first-order chi connectivity index (χ1) is 10.1. The van der Waals surface area contributed by atoms with Gasteiger partial charge in [0.1, 0.15) is 5.82 Å². The van der Waals surface area contributed by atoms with Crippen LogP contribution in [0, 0.1) is 5.82 Å². The van der Waals surface area contributed by atoms with Gasteiger partial charge in [-0.25, -0.2) is 4.39 Å². The molecule has 21 heavy (non-hydrogen) atoms. The Morgan fingerprint density at radius 2 is 2.29 bits per heavy atom. The standard InChI is InChI=1S/C14H14ClFN4S/c15-12-2-1-3-13(16)11(12)8-20-7-10(6-17-20)19-14(21)18-9-4-5-9/h1-3,6-7,9H,4-5,8H2,(H2,18,19,21). The molecule has 110 valence electrons. The van der Waals surface area contributed by atoms with E-state index in [-0.39, 0.29) is 12.4 Å². The zero-order valence-corrected chi connectivity index (χ0v) is 12.7. The number of aromatic nitrogens is 2. The number of nitrogens with one attached hydrogen (secondary N) is 2. The molecule has 0 bridgehead atoms. The SMILES string of the molecule is Fc1cccc(Cl)c1Cn1cc(NC(=S)NC2CC2)cn1. The van der Waals surface area contributed by atoms with Crippen LogP contribution in [0.4, 0.5) is 10.1 Å². The predicted octanol–water partition coefficient (Wildman–Crippen LogP) is 3.17. The quantitative estimate of drug-likeness (QED) is 0.848. The van der Waals surface area contributed by atoms with Crippen LogP contribution in [-0.2, 0) is 6.54 Å². The monoisotopic (exact) mass is 324 g/mol. The number of thiocarbonyl (C=S) groups is 1. The molecule has 0 amide bonds. The molecule has 1 aliphatic rings. The number of benzene rings is 1. The molecule has 0 radical (unpaired) electrons. The largest absolute Gasteiger partial charge is 0.360 e. The molecule has 1 aromatic carbocycles. The molecule has 0 unspecified atom stereocenters. The van der Waals surface area contributed by atoms with Crippen LogP contribution in [0.2, 0.25) is 5.02 Å². The summed E-state index contributed by atoms with van der Waals surface area (Å²) in [4.78, 5) is 0. The van der Waals surface area contributed by atoms with Crippen LogP contribution in [-0.4, -0.2) is 20.9 Å². The van der Waals surface area contributed by atoms with E-state index in [0.29, 0.717) is 21.7 Å². The molecule has 2 aromatic rings. The van der Waals surface area contributed by atoms with Crippen LogP contribution in [0.15, 0.2) is 30.6 Å². The van der Waals surface area contributed by atoms with Gasteiger partial charge in [-0.15, -0.1) is 0 Å². The van der Waals surface area contributed by atoms with Gasteiger partial charge in [-0.1, -0.05) is 17.7 Å². The van der Waals surface area contributed by atoms with Crippen LogP contribution < -0.4 is 10.6 Å². The number of halogens is 2. The Morgan fingerprint density at radius 3 is 3.00 bits per heavy atom. The Labute approximate surface area is 132 Å². The second-order valence-electron chi connectivity index (χ2n) is 5.00. The van der Waals surface area contributed by atoms with Gasteiger partial charge in [-0.3, -0.25) is 4.68 Å². The third-order valence-electron chi connectivity index (χ3n) is 3.19. The first kappa shape index (κ1) is 14.3. The fraction of sp³-hybridized carbons (Fsp3) is 0.286. The summed E-state index contributed by atoms with van der Waals surface area (Å²) in [6.45, 7) is 0.274. The lowest BCUT2D eigenvalue weighted by Gasteiger charge is -2.07. The number of anilines is 1. The zero-order chi connectivity index (χ0) is 14.8. The van der Waals surface area contributed by atoms with E-state index in [2.05, 4.69) is 15.7 Å². The Hall–Kier alpha value is -1.66. The maximum absolute atomic E-state index is 13.7. The van der Waals surface area contributed by atoms with Crippen LogP contribution >= 0.6 is 23.8 Å². The van der Waals surface area contributed by atoms with Crippen LogP contribution in [0.1, 0.15) is 18.4 Å². The number of hydrogen-bond donors (Lipinski definition) is 2. The Kier molecular flexibility index (Phi) is 4.07. The molecule has 1 fully saturated rings. The Bertz CT molecular complexity index is 648. The normalized spacial score (nSPS) is 14.0. The number of nitrogens with zero attached hydrogens (tertiary/aromatic N) is 2. The van der Waals surface area contributed by atoms with Gasteiger partial charge in [0.05, 0.1) is 18.4 Å². The van der Waals surface area contributed by atoms with Crippen LogP contribution in [0.25, 0.3) is 0 Å². The lowest BCUT2D eigenvalue weighted by Crippen LogP contribution is -2.29. The van der Waals surface area contributed by atoms with E-state index >= 15 is 0 Å². The number of rotatable bonds is 4. The van der Waals surface area contributed by atoms with Crippen molar-refractivity contribution in [3.8, 4) is 0 Å². The van der Waals surface area contributed by atoms with Gasteiger partial charge in [0.25, 0.3) is 0 Å². The molecule has 1 saturated carbocycles. The molecule has 1 heterocycles. The van der Waals surface area contributed by atoms with E-state index in [1.54, 1.807) is 29.2 Å². The van der Waals surface area contributed by atoms with Crippen molar-refractivity contribution in [3.05, 3.63) is 47.0 Å². The van der Waals surface area contributed by atoms with Gasteiger partial charge < -0.3 is 10.6 Å². The first-order valence-electron chi connectivity index (χ1n) is 6.64. The summed E-state index contributed by atoms with van der Waals surface area (Å²) in [5.41, 5.74) is 1.19. The summed E-state index contributed by atoms with van der Waals surface area (Å²) in [5.74, 6) is -0.335. The van der Waals surface area contributed by atoms with Gasteiger partial charge >= 0.3 is 0 Å². The van der Waals surface area contributed by atoms with Crippen molar-refractivity contribution in [2.45, 2.75) is 25.4 Å². The summed E-state index contributed by atoms with van der Waals surface area (Å²) < 4.78 is 15.3. The molecule has 3 rings (SSSR count). The lowest BCUT2D eigenvalue weighted by molar-refractivity contribution is 0.585. The topological polar surface area (TPSA) is 41.9 Å². The van der Waals surface area contributed by atoms with Gasteiger partial charge in [-0.2, -0.15) is 5.10 Å². The van der Waals surface area contributed by atoms with Crippen molar-refractivity contribution in [2.24, 2.45) is 0 Å². The molecular weight excluding hydrogens is 311 g/mol. The van der Waals surface area contributed by atoms with Crippen molar-refractivity contribution in [1.29, 1.82) is 0 Å². The minimum absolute atomic E-state index is 0.274. The maximum Gasteiger partial charge on any atom is 0.171 e. The average Bonchev–Trinajstić information content (AvgIpc) is 3.13. The average molecular weight is 325 g/mol. The predicted molar refractivity (Wildman–Crippen MR) is 85.1 cm³/mol. The van der Waals surface area contributed by atoms with Crippen molar-refractivity contribution >= 4 is 34.6 Å². The minimum Gasteiger partial charge on any atom is -0.360 e.